The van der Waals surface area contributed by atoms with Crippen LogP contribution in [0.25, 0.3) is 0 Å². The Morgan fingerprint density at radius 1 is 1.40 bits per heavy atom. The van der Waals surface area contributed by atoms with Crippen LogP contribution in [0.3, 0.4) is 0 Å². The molecule has 7 heteroatoms. The van der Waals surface area contributed by atoms with E-state index in [9.17, 15) is 18.3 Å². The first kappa shape index (κ1) is 11.1. The Bertz CT molecular complexity index is 313. The van der Waals surface area contributed by atoms with E-state index in [0.717, 1.165) is 18.2 Å². The molecular formula is C8H11F3N2OS. The van der Waals surface area contributed by atoms with Crippen molar-refractivity contribution in [2.75, 3.05) is 0 Å². The van der Waals surface area contributed by atoms with Crippen LogP contribution in [0.15, 0.2) is 4.99 Å². The lowest BCUT2D eigenvalue weighted by atomic mass is 9.78. The number of hydrogen-bond acceptors (Lipinski definition) is 4. The van der Waals surface area contributed by atoms with Crippen molar-refractivity contribution in [2.24, 2.45) is 10.7 Å². The molecule has 1 fully saturated rings. The maximum absolute atomic E-state index is 12.6. The number of nitrogens with zero attached hydrogens (tertiary/aromatic N) is 1. The summed E-state index contributed by atoms with van der Waals surface area (Å²) in [7, 11) is 0. The topological polar surface area (TPSA) is 58.6 Å². The van der Waals surface area contributed by atoms with E-state index < -0.39 is 16.6 Å². The highest BCUT2D eigenvalue weighted by atomic mass is 32.2. The summed E-state index contributed by atoms with van der Waals surface area (Å²) in [5, 5.41) is 9.31. The van der Waals surface area contributed by atoms with Crippen molar-refractivity contribution < 1.29 is 18.3 Å². The van der Waals surface area contributed by atoms with Crippen LogP contribution in [0, 0.1) is 0 Å². The zero-order valence-corrected chi connectivity index (χ0v) is 8.66. The van der Waals surface area contributed by atoms with Gasteiger partial charge in [-0.2, -0.15) is 13.2 Å². The number of alkyl halides is 3. The third-order valence-electron chi connectivity index (χ3n) is 2.90. The summed E-state index contributed by atoms with van der Waals surface area (Å²) in [5.41, 5.74) is 2.36. The fourth-order valence-electron chi connectivity index (χ4n) is 1.97. The second kappa shape index (κ2) is 3.04. The summed E-state index contributed by atoms with van der Waals surface area (Å²) in [6, 6.07) is 0. The van der Waals surface area contributed by atoms with E-state index in [-0.39, 0.29) is 11.6 Å². The van der Waals surface area contributed by atoms with Gasteiger partial charge >= 0.3 is 6.18 Å². The normalized spacial score (nSPS) is 34.8. The highest BCUT2D eigenvalue weighted by Crippen LogP contribution is 2.54. The number of rotatable bonds is 0. The number of nitrogens with two attached hydrogens (primary N) is 1. The van der Waals surface area contributed by atoms with Gasteiger partial charge in [0.05, 0.1) is 0 Å². The van der Waals surface area contributed by atoms with Gasteiger partial charge in [-0.1, -0.05) is 18.2 Å². The van der Waals surface area contributed by atoms with E-state index in [2.05, 4.69) is 4.99 Å². The molecule has 3 N–H and O–H groups in total. The van der Waals surface area contributed by atoms with Crippen molar-refractivity contribution in [3.8, 4) is 0 Å². The Morgan fingerprint density at radius 2 is 2.00 bits per heavy atom. The van der Waals surface area contributed by atoms with E-state index in [1.807, 2.05) is 0 Å². The van der Waals surface area contributed by atoms with Gasteiger partial charge in [-0.25, -0.2) is 4.99 Å². The van der Waals surface area contributed by atoms with Gasteiger partial charge in [0.2, 0.25) is 0 Å². The van der Waals surface area contributed by atoms with Crippen LogP contribution in [-0.4, -0.2) is 26.9 Å². The van der Waals surface area contributed by atoms with Crippen LogP contribution in [-0.2, 0) is 0 Å². The molecule has 1 saturated carbocycles. The molecule has 1 atom stereocenters. The zero-order chi connectivity index (χ0) is 11.3. The molecule has 0 aromatic carbocycles. The molecule has 1 spiro atoms. The van der Waals surface area contributed by atoms with E-state index in [1.54, 1.807) is 0 Å². The molecule has 0 aromatic heterocycles. The lowest BCUT2D eigenvalue weighted by Crippen LogP contribution is -2.55. The van der Waals surface area contributed by atoms with Crippen molar-refractivity contribution in [3.63, 3.8) is 0 Å². The van der Waals surface area contributed by atoms with Crippen LogP contribution in [0.1, 0.15) is 25.7 Å². The zero-order valence-electron chi connectivity index (χ0n) is 7.84. The molecule has 0 bridgehead atoms. The lowest BCUT2D eigenvalue weighted by molar-refractivity contribution is -0.263. The third kappa shape index (κ3) is 1.71. The van der Waals surface area contributed by atoms with Gasteiger partial charge in [0.15, 0.2) is 5.17 Å². The number of aliphatic hydroxyl groups is 1. The number of thioether (sulfide) groups is 1. The fraction of sp³-hybridized carbons (Fsp3) is 0.875. The minimum atomic E-state index is -4.75. The molecule has 86 valence electrons. The average Bonchev–Trinajstić information content (AvgIpc) is 1.97. The predicted octanol–water partition coefficient (Wildman–Crippen LogP) is 1.61. The van der Waals surface area contributed by atoms with Crippen LogP contribution < -0.4 is 5.73 Å². The van der Waals surface area contributed by atoms with Crippen LogP contribution >= 0.6 is 11.8 Å². The van der Waals surface area contributed by atoms with Gasteiger partial charge in [0.25, 0.3) is 5.72 Å². The Balaban J connectivity index is 2.30. The fourth-order valence-corrected chi connectivity index (χ4v) is 3.37. The van der Waals surface area contributed by atoms with Crippen molar-refractivity contribution in [3.05, 3.63) is 0 Å². The van der Waals surface area contributed by atoms with Crippen molar-refractivity contribution >= 4 is 16.9 Å². The number of hydrogen-bond donors (Lipinski definition) is 2. The van der Waals surface area contributed by atoms with Gasteiger partial charge < -0.3 is 10.8 Å². The minimum Gasteiger partial charge on any atom is -0.378 e. The Labute approximate surface area is 88.9 Å². The van der Waals surface area contributed by atoms with Crippen LogP contribution in [0.5, 0.6) is 0 Å². The maximum Gasteiger partial charge on any atom is 0.438 e. The van der Waals surface area contributed by atoms with Gasteiger partial charge in [0.1, 0.15) is 0 Å². The molecule has 0 aromatic rings. The summed E-state index contributed by atoms with van der Waals surface area (Å²) in [4.78, 5) is 3.15. The van der Waals surface area contributed by atoms with E-state index in [0.29, 0.717) is 12.8 Å². The largest absolute Gasteiger partial charge is 0.438 e. The molecule has 15 heavy (non-hydrogen) atoms. The quantitative estimate of drug-likeness (QED) is 0.676. The highest BCUT2D eigenvalue weighted by molar-refractivity contribution is 8.15. The van der Waals surface area contributed by atoms with E-state index >= 15 is 0 Å². The summed E-state index contributed by atoms with van der Waals surface area (Å²) < 4.78 is 37.2. The number of amidine groups is 1. The van der Waals surface area contributed by atoms with Crippen LogP contribution in [0.2, 0.25) is 0 Å². The molecular weight excluding hydrogens is 229 g/mol. The summed E-state index contributed by atoms with van der Waals surface area (Å²) >= 11 is 1.16. The van der Waals surface area contributed by atoms with E-state index in [4.69, 9.17) is 5.73 Å². The Kier molecular flexibility index (Phi) is 2.24. The third-order valence-corrected chi connectivity index (χ3v) is 4.19. The monoisotopic (exact) mass is 240 g/mol. The molecule has 3 nitrogen and oxygen atoms in total. The predicted molar refractivity (Wildman–Crippen MR) is 51.4 cm³/mol. The maximum atomic E-state index is 12.6. The summed E-state index contributed by atoms with van der Waals surface area (Å²) in [5.74, 6) is 0. The molecule has 0 amide bonds. The summed E-state index contributed by atoms with van der Waals surface area (Å²) in [6.07, 6.45) is -2.93. The first-order chi connectivity index (χ1) is 6.77. The number of halogens is 3. The molecule has 1 aliphatic carbocycles. The van der Waals surface area contributed by atoms with Crippen molar-refractivity contribution in [2.45, 2.75) is 42.3 Å². The lowest BCUT2D eigenvalue weighted by Gasteiger charge is -2.47. The molecule has 0 saturated heterocycles. The first-order valence-corrected chi connectivity index (χ1v) is 5.42. The second-order valence-electron chi connectivity index (χ2n) is 4.08. The molecule has 1 aliphatic heterocycles. The second-order valence-corrected chi connectivity index (χ2v) is 5.57. The standard InChI is InChI=1S/C8H11F3N2OS/c9-8(10,11)7(14)4-6(2-1-3-6)15-5(12)13-7/h14H,1-4H2,(H2,12,13)/t7-/m1/s1. The minimum absolute atomic E-state index is 0.166. The average molecular weight is 240 g/mol. The molecule has 2 aliphatic rings. The Morgan fingerprint density at radius 3 is 2.40 bits per heavy atom. The molecule has 0 radical (unpaired) electrons. The molecule has 2 rings (SSSR count). The SMILES string of the molecule is NC1=N[C@](O)(C(F)(F)F)CC2(CCC2)S1. The highest BCUT2D eigenvalue weighted by Gasteiger charge is 2.61. The van der Waals surface area contributed by atoms with E-state index in [1.165, 1.54) is 0 Å². The van der Waals surface area contributed by atoms with Crippen molar-refractivity contribution in [1.82, 2.24) is 0 Å². The Hall–Kier alpha value is -0.430. The molecule has 0 unspecified atom stereocenters. The van der Waals surface area contributed by atoms with Gasteiger partial charge in [-0.05, 0) is 12.8 Å². The first-order valence-electron chi connectivity index (χ1n) is 4.60. The smallest absolute Gasteiger partial charge is 0.378 e. The van der Waals surface area contributed by atoms with Crippen molar-refractivity contribution in [1.29, 1.82) is 0 Å². The van der Waals surface area contributed by atoms with Gasteiger partial charge in [-0.3, -0.25) is 0 Å². The van der Waals surface area contributed by atoms with Gasteiger partial charge in [-0.15, -0.1) is 0 Å². The molecule has 1 heterocycles. The number of aliphatic imine (C=N–C) groups is 1. The summed E-state index contributed by atoms with van der Waals surface area (Å²) in [6.45, 7) is 0. The van der Waals surface area contributed by atoms with Crippen LogP contribution in [0.4, 0.5) is 13.2 Å². The van der Waals surface area contributed by atoms with Gasteiger partial charge in [0, 0.05) is 11.2 Å².